The van der Waals surface area contributed by atoms with E-state index in [4.69, 9.17) is 4.74 Å². The first-order valence-corrected chi connectivity index (χ1v) is 14.0. The fraction of sp³-hybridized carbons (Fsp3) is 0.679. The van der Waals surface area contributed by atoms with Gasteiger partial charge in [-0.05, 0) is 55.9 Å². The second kappa shape index (κ2) is 10.3. The molecule has 0 bridgehead atoms. The molecule has 2 N–H and O–H groups in total. The number of fused-ring (bicyclic) bond motifs is 1. The zero-order valence-electron chi connectivity index (χ0n) is 21.4. The Balaban J connectivity index is 1.12. The first-order chi connectivity index (χ1) is 18.0. The fourth-order valence-corrected chi connectivity index (χ4v) is 6.85. The summed E-state index contributed by atoms with van der Waals surface area (Å²) in [7, 11) is 0. The number of likely N-dealkylation sites (tertiary alicyclic amines) is 1. The minimum absolute atomic E-state index is 0.0244. The minimum atomic E-state index is -0.886. The van der Waals surface area contributed by atoms with Crippen LogP contribution in [0.5, 0.6) is 0 Å². The lowest BCUT2D eigenvalue weighted by atomic mass is 9.91. The Bertz CT molecular complexity index is 1010. The Hall–Kier alpha value is -2.49. The van der Waals surface area contributed by atoms with Crippen molar-refractivity contribution in [2.24, 2.45) is 5.92 Å². The molecular formula is C28H38N4O5. The number of β-amino-alcohol motifs (C(OH)–C–C–N with tert-alkyl or cyclic N) is 1. The van der Waals surface area contributed by atoms with Crippen LogP contribution in [0.25, 0.3) is 0 Å². The molecule has 1 aromatic carbocycles. The van der Waals surface area contributed by atoms with Crippen LogP contribution in [0.15, 0.2) is 24.3 Å². The predicted molar refractivity (Wildman–Crippen MR) is 137 cm³/mol. The van der Waals surface area contributed by atoms with Crippen molar-refractivity contribution in [2.75, 3.05) is 44.2 Å². The van der Waals surface area contributed by atoms with E-state index >= 15 is 0 Å². The van der Waals surface area contributed by atoms with E-state index in [-0.39, 0.29) is 36.7 Å². The largest absolute Gasteiger partial charge is 0.388 e. The summed E-state index contributed by atoms with van der Waals surface area (Å²) in [6, 6.07) is 6.97. The molecule has 2 amide bonds. The van der Waals surface area contributed by atoms with Crippen LogP contribution in [-0.4, -0.2) is 102 Å². The number of amides is 2. The van der Waals surface area contributed by atoms with Gasteiger partial charge in [0.1, 0.15) is 30.9 Å². The van der Waals surface area contributed by atoms with Gasteiger partial charge in [0.15, 0.2) is 5.78 Å². The molecule has 37 heavy (non-hydrogen) atoms. The summed E-state index contributed by atoms with van der Waals surface area (Å²) in [6.45, 7) is 4.12. The van der Waals surface area contributed by atoms with Gasteiger partial charge < -0.3 is 25.0 Å². The van der Waals surface area contributed by atoms with Gasteiger partial charge in [-0.2, -0.15) is 0 Å². The quantitative estimate of drug-likeness (QED) is 0.593. The Morgan fingerprint density at radius 1 is 0.973 bits per heavy atom. The molecule has 0 radical (unpaired) electrons. The molecule has 1 aromatic rings. The lowest BCUT2D eigenvalue weighted by molar-refractivity contribution is -0.139. The molecule has 0 spiro atoms. The summed E-state index contributed by atoms with van der Waals surface area (Å²) in [5.74, 6) is -0.727. The second-order valence-corrected chi connectivity index (χ2v) is 11.4. The number of carbonyl (C=O) groups excluding carboxylic acids is 3. The number of hydrogen-bond acceptors (Lipinski definition) is 7. The van der Waals surface area contributed by atoms with Gasteiger partial charge in [-0.25, -0.2) is 0 Å². The maximum Gasteiger partial charge on any atom is 0.251 e. The number of ether oxygens (including phenoxy) is 1. The Morgan fingerprint density at radius 3 is 2.32 bits per heavy atom. The van der Waals surface area contributed by atoms with Crippen LogP contribution in [0.1, 0.15) is 55.3 Å². The van der Waals surface area contributed by atoms with E-state index in [1.165, 1.54) is 24.2 Å². The predicted octanol–water partition coefficient (Wildman–Crippen LogP) is 1.19. The number of nitrogens with zero attached hydrogens (tertiary/aromatic N) is 3. The number of Topliss-reactive ketones (excluding diaryl/α,β-unsaturated/α-hetero) is 1. The van der Waals surface area contributed by atoms with Gasteiger partial charge in [-0.15, -0.1) is 0 Å². The zero-order valence-corrected chi connectivity index (χ0v) is 21.4. The molecule has 3 heterocycles. The standard InChI is InChI=1S/C28H38N4O5/c33-22-16-32(25-23(34)17-37-26(22)25)28(36)24(18-4-1-2-5-18)29-27(35)19-8-10-21(11-9-19)31-14-12-30(13-15-31)20-6-3-7-20/h8-11,18,20,22,24-26,33H,1-7,12-17H2,(H,29,35)/t22-,24-,25+,26+/m0/s1. The van der Waals surface area contributed by atoms with Gasteiger partial charge in [-0.3, -0.25) is 19.3 Å². The van der Waals surface area contributed by atoms with Crippen molar-refractivity contribution in [1.82, 2.24) is 15.1 Å². The summed E-state index contributed by atoms with van der Waals surface area (Å²) in [5.41, 5.74) is 1.64. The van der Waals surface area contributed by atoms with Crippen LogP contribution in [0, 0.1) is 5.92 Å². The highest BCUT2D eigenvalue weighted by molar-refractivity contribution is 5.99. The summed E-state index contributed by atoms with van der Waals surface area (Å²) >= 11 is 0. The van der Waals surface area contributed by atoms with Crippen molar-refractivity contribution in [2.45, 2.75) is 75.3 Å². The van der Waals surface area contributed by atoms with E-state index in [2.05, 4.69) is 15.1 Å². The number of aliphatic hydroxyl groups is 1. The summed E-state index contributed by atoms with van der Waals surface area (Å²) in [4.78, 5) is 45.8. The van der Waals surface area contributed by atoms with Crippen LogP contribution in [0.3, 0.4) is 0 Å². The number of nitrogens with one attached hydrogen (secondary N) is 1. The van der Waals surface area contributed by atoms with Crippen LogP contribution in [0.4, 0.5) is 5.69 Å². The molecule has 6 rings (SSSR count). The molecule has 2 saturated carbocycles. The highest BCUT2D eigenvalue weighted by atomic mass is 16.5. The monoisotopic (exact) mass is 510 g/mol. The van der Waals surface area contributed by atoms with Gasteiger partial charge >= 0.3 is 0 Å². The number of carbonyl (C=O) groups is 3. The smallest absolute Gasteiger partial charge is 0.251 e. The van der Waals surface area contributed by atoms with E-state index in [0.29, 0.717) is 5.56 Å². The van der Waals surface area contributed by atoms with E-state index < -0.39 is 24.3 Å². The van der Waals surface area contributed by atoms with Crippen LogP contribution in [-0.2, 0) is 14.3 Å². The molecule has 0 unspecified atom stereocenters. The number of anilines is 1. The number of aliphatic hydroxyl groups excluding tert-OH is 1. The lowest BCUT2D eigenvalue weighted by Crippen LogP contribution is -2.54. The van der Waals surface area contributed by atoms with E-state index in [9.17, 15) is 19.5 Å². The number of ketones is 1. The van der Waals surface area contributed by atoms with Crippen molar-refractivity contribution in [3.8, 4) is 0 Å². The fourth-order valence-electron chi connectivity index (χ4n) is 6.85. The summed E-state index contributed by atoms with van der Waals surface area (Å²) < 4.78 is 5.44. The van der Waals surface area contributed by atoms with Gasteiger partial charge in [-0.1, -0.05) is 19.3 Å². The number of rotatable bonds is 6. The number of benzene rings is 1. The maximum atomic E-state index is 13.7. The van der Waals surface area contributed by atoms with Crippen molar-refractivity contribution in [3.63, 3.8) is 0 Å². The topological polar surface area (TPSA) is 102 Å². The molecule has 200 valence electrons. The van der Waals surface area contributed by atoms with Gasteiger partial charge in [0, 0.05) is 43.5 Å². The van der Waals surface area contributed by atoms with Gasteiger partial charge in [0.2, 0.25) is 5.91 Å². The third kappa shape index (κ3) is 4.77. The highest BCUT2D eigenvalue weighted by Crippen LogP contribution is 2.33. The van der Waals surface area contributed by atoms with E-state index in [1.54, 1.807) is 0 Å². The summed E-state index contributed by atoms with van der Waals surface area (Å²) in [6.07, 6.45) is 6.22. The molecular weight excluding hydrogens is 472 g/mol. The Labute approximate surface area is 218 Å². The molecule has 9 nitrogen and oxygen atoms in total. The third-order valence-corrected chi connectivity index (χ3v) is 9.26. The maximum absolute atomic E-state index is 13.7. The van der Waals surface area contributed by atoms with Gasteiger partial charge in [0.05, 0.1) is 6.54 Å². The SMILES string of the molecule is O=C(N[C@H](C(=O)N1C[C@H](O)[C@H]2OCC(=O)[C@H]21)C1CCCC1)c1ccc(N2CCN(C3CCC3)CC2)cc1. The number of piperazine rings is 1. The van der Waals surface area contributed by atoms with Crippen molar-refractivity contribution in [3.05, 3.63) is 29.8 Å². The molecule has 5 aliphatic rings. The Kier molecular flexibility index (Phi) is 6.94. The highest BCUT2D eigenvalue weighted by Gasteiger charge is 2.53. The first-order valence-electron chi connectivity index (χ1n) is 14.0. The minimum Gasteiger partial charge on any atom is -0.388 e. The lowest BCUT2D eigenvalue weighted by Gasteiger charge is -2.43. The molecule has 3 saturated heterocycles. The van der Waals surface area contributed by atoms with E-state index in [1.807, 2.05) is 24.3 Å². The molecule has 5 fully saturated rings. The average Bonchev–Trinajstić information content (AvgIpc) is 3.62. The molecule has 3 aliphatic heterocycles. The molecule has 4 atom stereocenters. The van der Waals surface area contributed by atoms with Crippen molar-refractivity contribution in [1.29, 1.82) is 0 Å². The first kappa shape index (κ1) is 24.8. The van der Waals surface area contributed by atoms with Crippen molar-refractivity contribution >= 4 is 23.3 Å². The normalized spacial score (nSPS) is 29.9. The zero-order chi connectivity index (χ0) is 25.5. The Morgan fingerprint density at radius 2 is 1.68 bits per heavy atom. The van der Waals surface area contributed by atoms with Gasteiger partial charge in [0.25, 0.3) is 5.91 Å². The molecule has 2 aliphatic carbocycles. The molecule has 9 heteroatoms. The van der Waals surface area contributed by atoms with Crippen LogP contribution < -0.4 is 10.2 Å². The van der Waals surface area contributed by atoms with E-state index in [0.717, 1.165) is 63.6 Å². The third-order valence-electron chi connectivity index (χ3n) is 9.26. The summed E-state index contributed by atoms with van der Waals surface area (Å²) in [5, 5.41) is 13.4. The molecule has 0 aromatic heterocycles. The van der Waals surface area contributed by atoms with Crippen molar-refractivity contribution < 1.29 is 24.2 Å². The van der Waals surface area contributed by atoms with Crippen LogP contribution >= 0.6 is 0 Å². The number of hydrogen-bond donors (Lipinski definition) is 2. The van der Waals surface area contributed by atoms with Crippen LogP contribution in [0.2, 0.25) is 0 Å². The average molecular weight is 511 g/mol. The second-order valence-electron chi connectivity index (χ2n) is 11.4.